The van der Waals surface area contributed by atoms with Gasteiger partial charge in [-0.3, -0.25) is 9.69 Å². The standard InChI is InChI=1S/C24H34N4O2/c1-18(2)23-25-22(30-26-23)17-27-15-12-19(13-16-27)21-11-7-4-8-14-28(21)24(29)20-9-5-3-6-10-20/h3,5-6,9-10,18-19,21H,4,7-8,11-17H2,1-2H3/t21-/m0/s1. The van der Waals surface area contributed by atoms with Gasteiger partial charge in [0.05, 0.1) is 6.54 Å². The van der Waals surface area contributed by atoms with Crippen molar-refractivity contribution in [2.45, 2.75) is 70.9 Å². The first-order valence-electron chi connectivity index (χ1n) is 11.5. The van der Waals surface area contributed by atoms with E-state index in [-0.39, 0.29) is 11.8 Å². The number of carbonyl (C=O) groups is 1. The summed E-state index contributed by atoms with van der Waals surface area (Å²) < 4.78 is 5.43. The third-order valence-corrected chi connectivity index (χ3v) is 6.62. The van der Waals surface area contributed by atoms with Crippen LogP contribution in [0.4, 0.5) is 0 Å². The van der Waals surface area contributed by atoms with Gasteiger partial charge < -0.3 is 9.42 Å². The predicted octanol–water partition coefficient (Wildman–Crippen LogP) is 4.49. The van der Waals surface area contributed by atoms with Gasteiger partial charge in [-0.25, -0.2) is 0 Å². The molecule has 2 saturated heterocycles. The molecular weight excluding hydrogens is 376 g/mol. The zero-order chi connectivity index (χ0) is 20.9. The van der Waals surface area contributed by atoms with Gasteiger partial charge >= 0.3 is 0 Å². The average molecular weight is 411 g/mol. The number of benzene rings is 1. The molecule has 30 heavy (non-hydrogen) atoms. The van der Waals surface area contributed by atoms with Crippen LogP contribution >= 0.6 is 0 Å². The summed E-state index contributed by atoms with van der Waals surface area (Å²) in [5, 5.41) is 4.08. The van der Waals surface area contributed by atoms with Crippen molar-refractivity contribution in [2.75, 3.05) is 19.6 Å². The minimum absolute atomic E-state index is 0.206. The van der Waals surface area contributed by atoms with Crippen molar-refractivity contribution in [2.24, 2.45) is 5.92 Å². The van der Waals surface area contributed by atoms with E-state index in [4.69, 9.17) is 4.52 Å². The number of likely N-dealkylation sites (tertiary alicyclic amines) is 2. The Morgan fingerprint density at radius 3 is 2.53 bits per heavy atom. The highest BCUT2D eigenvalue weighted by atomic mass is 16.5. The molecule has 6 nitrogen and oxygen atoms in total. The third kappa shape index (κ3) is 4.91. The van der Waals surface area contributed by atoms with Crippen LogP contribution in [0, 0.1) is 5.92 Å². The van der Waals surface area contributed by atoms with Crippen molar-refractivity contribution in [3.05, 3.63) is 47.6 Å². The van der Waals surface area contributed by atoms with Crippen molar-refractivity contribution in [1.82, 2.24) is 19.9 Å². The Morgan fingerprint density at radius 2 is 1.83 bits per heavy atom. The van der Waals surface area contributed by atoms with Crippen LogP contribution in [-0.2, 0) is 6.54 Å². The van der Waals surface area contributed by atoms with Crippen molar-refractivity contribution in [3.63, 3.8) is 0 Å². The molecule has 1 aromatic heterocycles. The van der Waals surface area contributed by atoms with Gasteiger partial charge in [0, 0.05) is 24.1 Å². The highest BCUT2D eigenvalue weighted by Crippen LogP contribution is 2.31. The Kier molecular flexibility index (Phi) is 6.82. The summed E-state index contributed by atoms with van der Waals surface area (Å²) in [6, 6.07) is 10.1. The van der Waals surface area contributed by atoms with Crippen LogP contribution < -0.4 is 0 Å². The molecule has 2 aliphatic heterocycles. The quantitative estimate of drug-likeness (QED) is 0.727. The molecule has 1 aromatic carbocycles. The molecular formula is C24H34N4O2. The molecule has 6 heteroatoms. The first kappa shape index (κ1) is 21.0. The summed E-state index contributed by atoms with van der Waals surface area (Å²) in [4.78, 5) is 22.4. The second-order valence-corrected chi connectivity index (χ2v) is 9.10. The molecule has 0 saturated carbocycles. The lowest BCUT2D eigenvalue weighted by Crippen LogP contribution is -2.47. The number of amides is 1. The minimum Gasteiger partial charge on any atom is -0.338 e. The van der Waals surface area contributed by atoms with Crippen LogP contribution in [0.1, 0.15) is 80.4 Å². The second-order valence-electron chi connectivity index (χ2n) is 9.10. The van der Waals surface area contributed by atoms with Gasteiger partial charge in [0.2, 0.25) is 5.89 Å². The largest absolute Gasteiger partial charge is 0.338 e. The van der Waals surface area contributed by atoms with Gasteiger partial charge in [-0.2, -0.15) is 4.98 Å². The van der Waals surface area contributed by atoms with Gasteiger partial charge in [-0.05, 0) is 56.8 Å². The molecule has 0 aliphatic carbocycles. The normalized spacial score (nSPS) is 21.7. The van der Waals surface area contributed by atoms with E-state index in [1.54, 1.807) is 0 Å². The molecule has 1 amide bonds. The number of piperidine rings is 1. The first-order valence-corrected chi connectivity index (χ1v) is 11.5. The Labute approximate surface area is 179 Å². The maximum absolute atomic E-state index is 13.3. The maximum Gasteiger partial charge on any atom is 0.254 e. The van der Waals surface area contributed by atoms with Crippen LogP contribution in [-0.4, -0.2) is 51.5 Å². The SMILES string of the molecule is CC(C)c1noc(CN2CCC([C@@H]3CCCCCN3C(=O)c3ccccc3)CC2)n1. The monoisotopic (exact) mass is 410 g/mol. The maximum atomic E-state index is 13.3. The molecule has 3 heterocycles. The van der Waals surface area contributed by atoms with Crippen LogP contribution in [0.15, 0.2) is 34.9 Å². The number of aromatic nitrogens is 2. The molecule has 2 fully saturated rings. The Hall–Kier alpha value is -2.21. The average Bonchev–Trinajstić information content (AvgIpc) is 3.10. The van der Waals surface area contributed by atoms with Gasteiger partial charge in [0.25, 0.3) is 5.91 Å². The van der Waals surface area contributed by atoms with Gasteiger partial charge in [0.1, 0.15) is 0 Å². The Bertz CT molecular complexity index is 812. The fourth-order valence-corrected chi connectivity index (χ4v) is 4.88. The van der Waals surface area contributed by atoms with Gasteiger partial charge in [-0.15, -0.1) is 0 Å². The molecule has 2 aromatic rings. The summed E-state index contributed by atoms with van der Waals surface area (Å²) in [5.74, 6) is 2.57. The first-order chi connectivity index (χ1) is 14.6. The topological polar surface area (TPSA) is 62.5 Å². The predicted molar refractivity (Wildman–Crippen MR) is 116 cm³/mol. The van der Waals surface area contributed by atoms with E-state index >= 15 is 0 Å². The molecule has 0 radical (unpaired) electrons. The third-order valence-electron chi connectivity index (χ3n) is 6.62. The van der Waals surface area contributed by atoms with Gasteiger partial charge in [0.15, 0.2) is 5.82 Å². The smallest absolute Gasteiger partial charge is 0.254 e. The summed E-state index contributed by atoms with van der Waals surface area (Å²) >= 11 is 0. The summed E-state index contributed by atoms with van der Waals surface area (Å²) in [6.45, 7) is 7.81. The molecule has 0 unspecified atom stereocenters. The highest BCUT2D eigenvalue weighted by Gasteiger charge is 2.34. The van der Waals surface area contributed by atoms with Crippen molar-refractivity contribution < 1.29 is 9.32 Å². The van der Waals surface area contributed by atoms with Crippen molar-refractivity contribution >= 4 is 5.91 Å². The lowest BCUT2D eigenvalue weighted by molar-refractivity contribution is 0.0506. The Balaban J connectivity index is 1.38. The summed E-state index contributed by atoms with van der Waals surface area (Å²) in [7, 11) is 0. The van der Waals surface area contributed by atoms with E-state index < -0.39 is 0 Å². The van der Waals surface area contributed by atoms with Crippen LogP contribution in [0.2, 0.25) is 0 Å². The number of carbonyl (C=O) groups excluding carboxylic acids is 1. The van der Waals surface area contributed by atoms with Crippen LogP contribution in [0.3, 0.4) is 0 Å². The number of hydrogen-bond donors (Lipinski definition) is 0. The van der Waals surface area contributed by atoms with E-state index in [2.05, 4.69) is 33.8 Å². The fraction of sp³-hybridized carbons (Fsp3) is 0.625. The number of nitrogens with zero attached hydrogens (tertiary/aromatic N) is 4. The number of hydrogen-bond acceptors (Lipinski definition) is 5. The molecule has 1 atom stereocenters. The molecule has 2 aliphatic rings. The van der Waals surface area contributed by atoms with E-state index in [0.717, 1.165) is 63.3 Å². The van der Waals surface area contributed by atoms with Crippen molar-refractivity contribution in [3.8, 4) is 0 Å². The molecule has 4 rings (SSSR count). The van der Waals surface area contributed by atoms with Crippen LogP contribution in [0.25, 0.3) is 0 Å². The minimum atomic E-state index is 0.206. The van der Waals surface area contributed by atoms with Crippen molar-refractivity contribution in [1.29, 1.82) is 0 Å². The highest BCUT2D eigenvalue weighted by molar-refractivity contribution is 5.94. The zero-order valence-corrected chi connectivity index (χ0v) is 18.3. The fourth-order valence-electron chi connectivity index (χ4n) is 4.88. The number of rotatable bonds is 5. The summed E-state index contributed by atoms with van der Waals surface area (Å²) in [5.41, 5.74) is 0.819. The van der Waals surface area contributed by atoms with E-state index in [9.17, 15) is 4.79 Å². The lowest BCUT2D eigenvalue weighted by atomic mass is 9.86. The molecule has 162 valence electrons. The molecule has 0 N–H and O–H groups in total. The second kappa shape index (κ2) is 9.73. The lowest BCUT2D eigenvalue weighted by Gasteiger charge is -2.40. The van der Waals surface area contributed by atoms with Crippen LogP contribution in [0.5, 0.6) is 0 Å². The summed E-state index contributed by atoms with van der Waals surface area (Å²) in [6.07, 6.45) is 6.93. The zero-order valence-electron chi connectivity index (χ0n) is 18.3. The van der Waals surface area contributed by atoms with E-state index in [1.165, 1.54) is 12.8 Å². The van der Waals surface area contributed by atoms with Gasteiger partial charge in [-0.1, -0.05) is 50.0 Å². The molecule has 0 bridgehead atoms. The van der Waals surface area contributed by atoms with E-state index in [1.807, 2.05) is 30.3 Å². The Morgan fingerprint density at radius 1 is 1.07 bits per heavy atom. The van der Waals surface area contributed by atoms with E-state index in [0.29, 0.717) is 17.9 Å². The molecule has 0 spiro atoms.